The maximum Gasteiger partial charge on any atom is 0.472 e. The van der Waals surface area contributed by atoms with Gasteiger partial charge in [0, 0.05) is 25.7 Å². The van der Waals surface area contributed by atoms with Crippen LogP contribution < -0.4 is 0 Å². The molecule has 0 amide bonds. The Morgan fingerprint density at radius 3 is 0.696 bits per heavy atom. The van der Waals surface area contributed by atoms with Gasteiger partial charge in [0.05, 0.1) is 26.4 Å². The zero-order chi connectivity index (χ0) is 75.3. The molecule has 0 aliphatic heterocycles. The average Bonchev–Trinajstić information content (AvgIpc) is 0.925. The third kappa shape index (κ3) is 73.6. The Labute approximate surface area is 626 Å². The van der Waals surface area contributed by atoms with Gasteiger partial charge in [-0.3, -0.25) is 37.3 Å². The van der Waals surface area contributed by atoms with Crippen LogP contribution in [-0.2, 0) is 65.4 Å². The van der Waals surface area contributed by atoms with Crippen molar-refractivity contribution in [1.29, 1.82) is 0 Å². The summed E-state index contributed by atoms with van der Waals surface area (Å²) in [6.07, 6.45) is 59.6. The van der Waals surface area contributed by atoms with Crippen molar-refractivity contribution in [3.8, 4) is 0 Å². The number of phosphoric acid groups is 2. The number of ether oxygens (including phenoxy) is 4. The number of esters is 4. The predicted molar refractivity (Wildman–Crippen MR) is 418 cm³/mol. The van der Waals surface area contributed by atoms with Crippen LogP contribution in [0.4, 0.5) is 0 Å². The quantitative estimate of drug-likeness (QED) is 0.0222. The van der Waals surface area contributed by atoms with Gasteiger partial charge in [0.1, 0.15) is 19.3 Å². The van der Waals surface area contributed by atoms with Crippen LogP contribution in [0.25, 0.3) is 0 Å². The highest BCUT2D eigenvalue weighted by molar-refractivity contribution is 7.47. The highest BCUT2D eigenvalue weighted by atomic mass is 31.2. The molecule has 3 N–H and O–H groups in total. The molecule has 0 aliphatic carbocycles. The molecular formula is C83H162O17P2. The number of rotatable bonds is 80. The number of aliphatic hydroxyl groups excluding tert-OH is 1. The van der Waals surface area contributed by atoms with E-state index in [0.717, 1.165) is 114 Å². The number of carbonyl (C=O) groups is 4. The molecule has 17 nitrogen and oxygen atoms in total. The van der Waals surface area contributed by atoms with Gasteiger partial charge < -0.3 is 33.8 Å². The van der Waals surface area contributed by atoms with Gasteiger partial charge in [-0.2, -0.15) is 0 Å². The zero-order valence-electron chi connectivity index (χ0n) is 67.2. The molecule has 0 saturated carbocycles. The summed E-state index contributed by atoms with van der Waals surface area (Å²) in [7, 11) is -9.93. The Morgan fingerprint density at radius 1 is 0.275 bits per heavy atom. The van der Waals surface area contributed by atoms with Crippen molar-refractivity contribution < 1.29 is 80.2 Å². The smallest absolute Gasteiger partial charge is 0.462 e. The second kappa shape index (κ2) is 72.0. The lowest BCUT2D eigenvalue weighted by molar-refractivity contribution is -0.161. The van der Waals surface area contributed by atoms with Crippen molar-refractivity contribution >= 4 is 39.5 Å². The van der Waals surface area contributed by atoms with Crippen molar-refractivity contribution in [2.75, 3.05) is 39.6 Å². The van der Waals surface area contributed by atoms with E-state index in [9.17, 15) is 43.2 Å². The van der Waals surface area contributed by atoms with E-state index in [0.29, 0.717) is 25.7 Å². The third-order valence-electron chi connectivity index (χ3n) is 20.0. The van der Waals surface area contributed by atoms with Gasteiger partial charge >= 0.3 is 39.5 Å². The maximum absolute atomic E-state index is 13.1. The maximum atomic E-state index is 13.1. The van der Waals surface area contributed by atoms with Crippen molar-refractivity contribution in [2.45, 2.75) is 446 Å². The fourth-order valence-corrected chi connectivity index (χ4v) is 14.3. The van der Waals surface area contributed by atoms with Crippen molar-refractivity contribution in [3.63, 3.8) is 0 Å². The largest absolute Gasteiger partial charge is 0.472 e. The minimum Gasteiger partial charge on any atom is -0.462 e. The fraction of sp³-hybridized carbons (Fsp3) is 0.952. The van der Waals surface area contributed by atoms with Gasteiger partial charge in [-0.25, -0.2) is 9.13 Å². The van der Waals surface area contributed by atoms with Gasteiger partial charge in [-0.15, -0.1) is 0 Å². The highest BCUT2D eigenvalue weighted by Crippen LogP contribution is 2.45. The van der Waals surface area contributed by atoms with Crippen LogP contribution in [0.3, 0.4) is 0 Å². The molecule has 0 saturated heterocycles. The summed E-state index contributed by atoms with van der Waals surface area (Å²) in [5, 5.41) is 10.7. The van der Waals surface area contributed by atoms with Crippen LogP contribution in [0, 0.1) is 23.7 Å². The first kappa shape index (κ1) is 100. The van der Waals surface area contributed by atoms with Crippen molar-refractivity contribution in [1.82, 2.24) is 0 Å². The van der Waals surface area contributed by atoms with Crippen molar-refractivity contribution in [2.24, 2.45) is 23.7 Å². The van der Waals surface area contributed by atoms with E-state index in [1.807, 2.05) is 0 Å². The summed E-state index contributed by atoms with van der Waals surface area (Å²) >= 11 is 0. The Balaban J connectivity index is 5.24. The fourth-order valence-electron chi connectivity index (χ4n) is 12.7. The molecule has 4 unspecified atom stereocenters. The summed E-state index contributed by atoms with van der Waals surface area (Å²) in [6.45, 7) is 14.3. The Hall–Kier alpha value is -1.94. The number of aliphatic hydroxyl groups is 1. The molecule has 0 aliphatic rings. The Morgan fingerprint density at radius 2 is 0.471 bits per heavy atom. The molecule has 102 heavy (non-hydrogen) atoms. The van der Waals surface area contributed by atoms with Gasteiger partial charge in [0.25, 0.3) is 0 Å². The number of hydrogen-bond donors (Lipinski definition) is 3. The summed E-state index contributed by atoms with van der Waals surface area (Å²) in [5.41, 5.74) is 0. The van der Waals surface area contributed by atoms with E-state index in [-0.39, 0.29) is 25.7 Å². The minimum atomic E-state index is -4.96. The first-order valence-corrected chi connectivity index (χ1v) is 45.8. The molecule has 0 aromatic rings. The molecule has 0 rings (SSSR count). The summed E-state index contributed by atoms with van der Waals surface area (Å²) in [6, 6.07) is 0. The molecule has 0 aromatic heterocycles. The van der Waals surface area contributed by atoms with Crippen LogP contribution in [-0.4, -0.2) is 96.7 Å². The van der Waals surface area contributed by atoms with Crippen LogP contribution in [0.5, 0.6) is 0 Å². The SMILES string of the molecule is CCC(C)CCCCCCCCCCCCCCCCCCCCC(=O)O[C@H](COC(=O)CCCCCCCCCCCCC(C)CC)COP(=O)(O)OC[C@@H](O)COP(=O)(O)OC[C@@H](COC(=O)CCCCCCCCCCCCC(C)C)OC(=O)CCCCCCCCCCCCC(C)C. The predicted octanol–water partition coefficient (Wildman–Crippen LogP) is 24.8. The topological polar surface area (TPSA) is 237 Å². The monoisotopic (exact) mass is 1490 g/mol. The second-order valence-corrected chi connectivity index (χ2v) is 34.2. The average molecular weight is 1490 g/mol. The van der Waals surface area contributed by atoms with E-state index in [1.165, 1.54) is 231 Å². The number of unbranched alkanes of at least 4 members (excludes halogenated alkanes) is 44. The van der Waals surface area contributed by atoms with Crippen LogP contribution >= 0.6 is 15.6 Å². The van der Waals surface area contributed by atoms with Gasteiger partial charge in [0.15, 0.2) is 12.2 Å². The summed E-state index contributed by atoms with van der Waals surface area (Å²) in [5.74, 6) is 1.08. The normalized spacial score (nSPS) is 14.5. The molecule has 0 radical (unpaired) electrons. The van der Waals surface area contributed by atoms with E-state index in [1.54, 1.807) is 0 Å². The van der Waals surface area contributed by atoms with Crippen molar-refractivity contribution in [3.05, 3.63) is 0 Å². The lowest BCUT2D eigenvalue weighted by Gasteiger charge is -2.21. The third-order valence-corrected chi connectivity index (χ3v) is 21.9. The van der Waals surface area contributed by atoms with E-state index < -0.39 is 97.5 Å². The molecule has 0 spiro atoms. The molecule has 0 fully saturated rings. The lowest BCUT2D eigenvalue weighted by atomic mass is 9.99. The summed E-state index contributed by atoms with van der Waals surface area (Å²) < 4.78 is 68.8. The highest BCUT2D eigenvalue weighted by Gasteiger charge is 2.30. The van der Waals surface area contributed by atoms with Gasteiger partial charge in [0.2, 0.25) is 0 Å². The molecule has 606 valence electrons. The number of phosphoric ester groups is 2. The van der Waals surface area contributed by atoms with E-state index in [4.69, 9.17) is 37.0 Å². The second-order valence-electron chi connectivity index (χ2n) is 31.3. The lowest BCUT2D eigenvalue weighted by Crippen LogP contribution is -2.30. The van der Waals surface area contributed by atoms with E-state index >= 15 is 0 Å². The van der Waals surface area contributed by atoms with Crippen LogP contribution in [0.2, 0.25) is 0 Å². The molecule has 0 heterocycles. The standard InChI is InChI=1S/C83H162O17P2/c1-9-75(7)61-53-45-37-29-19-17-15-13-11-12-14-16-18-20-33-41-49-57-65-82(87)99-78(69-94-81(86)64-56-48-40-32-26-23-30-38-46-54-62-76(8)10-2)71-97-101(89,90)95-67-77(84)68-96-102(91,92)98-72-79(100-83(88)66-58-50-42-34-25-22-28-36-44-52-60-74(5)6)70-93-80(85)63-55-47-39-31-24-21-27-35-43-51-59-73(3)4/h73-79,84H,9-72H2,1-8H3,(H,89,90)(H,91,92)/t75?,76?,77-,78-,79-/m1/s1. The summed E-state index contributed by atoms with van der Waals surface area (Å²) in [4.78, 5) is 73.1. The van der Waals surface area contributed by atoms with E-state index in [2.05, 4.69) is 55.4 Å². The Bertz CT molecular complexity index is 1990. The van der Waals surface area contributed by atoms with Crippen LogP contribution in [0.1, 0.15) is 428 Å². The molecule has 19 heteroatoms. The molecule has 0 bridgehead atoms. The first-order chi connectivity index (χ1) is 49.2. The van der Waals surface area contributed by atoms with Gasteiger partial charge in [-0.1, -0.05) is 376 Å². The molecule has 7 atom stereocenters. The zero-order valence-corrected chi connectivity index (χ0v) is 69.0. The van der Waals surface area contributed by atoms with Crippen LogP contribution in [0.15, 0.2) is 0 Å². The number of hydrogen-bond acceptors (Lipinski definition) is 15. The molecular weight excluding hydrogens is 1330 g/mol. The Kier molecular flexibility index (Phi) is 70.6. The number of carbonyl (C=O) groups excluding carboxylic acids is 4. The molecule has 0 aromatic carbocycles. The minimum absolute atomic E-state index is 0.106. The van der Waals surface area contributed by atoms with Gasteiger partial charge in [-0.05, 0) is 49.4 Å². The first-order valence-electron chi connectivity index (χ1n) is 42.8.